The van der Waals surface area contributed by atoms with Gasteiger partial charge in [-0.3, -0.25) is 4.79 Å². The Balaban J connectivity index is 2.22. The number of anilines is 1. The predicted octanol–water partition coefficient (Wildman–Crippen LogP) is 2.77. The first kappa shape index (κ1) is 13.2. The third-order valence-electron chi connectivity index (χ3n) is 2.66. The Bertz CT molecular complexity index is 476. The molecule has 1 aromatic carbocycles. The van der Waals surface area contributed by atoms with Gasteiger partial charge in [-0.1, -0.05) is 15.9 Å². The summed E-state index contributed by atoms with van der Waals surface area (Å²) in [6.45, 7) is 0.541. The van der Waals surface area contributed by atoms with Gasteiger partial charge in [0.15, 0.2) is 0 Å². The van der Waals surface area contributed by atoms with Gasteiger partial charge in [0.05, 0.1) is 5.56 Å². The summed E-state index contributed by atoms with van der Waals surface area (Å²) in [7, 11) is 0. The molecule has 0 unspecified atom stereocenters. The van der Waals surface area contributed by atoms with E-state index >= 15 is 0 Å². The lowest BCUT2D eigenvalue weighted by Gasteiger charge is -2.15. The number of carbonyl (C=O) groups excluding carboxylic acids is 1. The minimum atomic E-state index is -4.42. The number of amides is 1. The zero-order valence-electron chi connectivity index (χ0n) is 9.14. The molecule has 1 saturated heterocycles. The summed E-state index contributed by atoms with van der Waals surface area (Å²) in [5, 5.41) is 5.41. The lowest BCUT2D eigenvalue weighted by atomic mass is 10.1. The minimum absolute atomic E-state index is 0.0172. The van der Waals surface area contributed by atoms with Crippen molar-refractivity contribution >= 4 is 27.5 Å². The average molecular weight is 323 g/mol. The van der Waals surface area contributed by atoms with Crippen LogP contribution in [0.5, 0.6) is 0 Å². The summed E-state index contributed by atoms with van der Waals surface area (Å²) >= 11 is 2.86. The molecule has 1 amide bonds. The minimum Gasteiger partial charge on any atom is -0.374 e. The monoisotopic (exact) mass is 322 g/mol. The number of halogens is 4. The number of carbonyl (C=O) groups is 1. The van der Waals surface area contributed by atoms with Gasteiger partial charge in [0.25, 0.3) is 0 Å². The fourth-order valence-corrected chi connectivity index (χ4v) is 2.24. The molecule has 7 heteroatoms. The van der Waals surface area contributed by atoms with E-state index in [1.54, 1.807) is 0 Å². The fraction of sp³-hybridized carbons (Fsp3) is 0.364. The molecular weight excluding hydrogens is 313 g/mol. The van der Waals surface area contributed by atoms with Crippen LogP contribution in [0.15, 0.2) is 22.7 Å². The molecular formula is C11H10BrF3N2O. The Morgan fingerprint density at radius 2 is 2.11 bits per heavy atom. The van der Waals surface area contributed by atoms with Crippen LogP contribution in [0.2, 0.25) is 0 Å². The van der Waals surface area contributed by atoms with Gasteiger partial charge in [0, 0.05) is 16.7 Å². The molecule has 0 bridgehead atoms. The quantitative estimate of drug-likeness (QED) is 0.879. The van der Waals surface area contributed by atoms with Crippen molar-refractivity contribution in [3.8, 4) is 0 Å². The lowest BCUT2D eigenvalue weighted by molar-refractivity contribution is -0.138. The molecule has 0 aromatic heterocycles. The molecule has 1 fully saturated rings. The van der Waals surface area contributed by atoms with E-state index in [1.807, 2.05) is 0 Å². The van der Waals surface area contributed by atoms with E-state index in [4.69, 9.17) is 0 Å². The zero-order chi connectivity index (χ0) is 13.3. The van der Waals surface area contributed by atoms with Gasteiger partial charge in [-0.05, 0) is 24.6 Å². The van der Waals surface area contributed by atoms with E-state index in [0.717, 1.165) is 6.07 Å². The molecule has 0 spiro atoms. The highest BCUT2D eigenvalue weighted by Gasteiger charge is 2.33. The number of hydrogen-bond acceptors (Lipinski definition) is 2. The average Bonchev–Trinajstić information content (AvgIpc) is 2.66. The van der Waals surface area contributed by atoms with Crippen LogP contribution >= 0.6 is 15.9 Å². The van der Waals surface area contributed by atoms with Crippen LogP contribution in [0.3, 0.4) is 0 Å². The maximum Gasteiger partial charge on any atom is 0.417 e. The van der Waals surface area contributed by atoms with Gasteiger partial charge < -0.3 is 10.6 Å². The highest BCUT2D eigenvalue weighted by Crippen LogP contribution is 2.36. The molecule has 1 aliphatic rings. The molecule has 98 valence electrons. The first-order valence-electron chi connectivity index (χ1n) is 5.29. The van der Waals surface area contributed by atoms with Gasteiger partial charge in [-0.2, -0.15) is 13.2 Å². The van der Waals surface area contributed by atoms with E-state index in [1.165, 1.54) is 12.1 Å². The van der Waals surface area contributed by atoms with Crippen molar-refractivity contribution in [3.05, 3.63) is 28.2 Å². The summed E-state index contributed by atoms with van der Waals surface area (Å²) in [6.07, 6.45) is -3.86. The molecule has 18 heavy (non-hydrogen) atoms. The highest BCUT2D eigenvalue weighted by molar-refractivity contribution is 9.10. The maximum atomic E-state index is 12.7. The van der Waals surface area contributed by atoms with E-state index in [-0.39, 0.29) is 16.1 Å². The number of nitrogens with one attached hydrogen (secondary N) is 2. The topological polar surface area (TPSA) is 41.1 Å². The van der Waals surface area contributed by atoms with E-state index in [9.17, 15) is 18.0 Å². The Kier molecular flexibility index (Phi) is 3.52. The number of alkyl halides is 3. The Labute approximate surface area is 110 Å². The number of benzene rings is 1. The second-order valence-corrected chi connectivity index (χ2v) is 4.82. The van der Waals surface area contributed by atoms with Crippen molar-refractivity contribution in [1.29, 1.82) is 0 Å². The van der Waals surface area contributed by atoms with Crippen molar-refractivity contribution in [2.24, 2.45) is 0 Å². The molecule has 1 heterocycles. The summed E-state index contributed by atoms with van der Waals surface area (Å²) in [6, 6.07) is 3.35. The predicted molar refractivity (Wildman–Crippen MR) is 64.2 cm³/mol. The van der Waals surface area contributed by atoms with Crippen LogP contribution < -0.4 is 10.6 Å². The molecule has 0 saturated carbocycles. The molecule has 0 aliphatic carbocycles. The highest BCUT2D eigenvalue weighted by atomic mass is 79.9. The summed E-state index contributed by atoms with van der Waals surface area (Å²) in [5.41, 5.74) is -0.474. The number of rotatable bonds is 2. The number of hydrogen-bond donors (Lipinski definition) is 2. The fourth-order valence-electron chi connectivity index (χ4n) is 1.77. The Morgan fingerprint density at radius 1 is 1.39 bits per heavy atom. The lowest BCUT2D eigenvalue weighted by Crippen LogP contribution is -2.29. The normalized spacial score (nSPS) is 19.8. The third kappa shape index (κ3) is 2.77. The summed E-state index contributed by atoms with van der Waals surface area (Å²) in [4.78, 5) is 11.3. The second kappa shape index (κ2) is 4.79. The van der Waals surface area contributed by atoms with Crippen molar-refractivity contribution in [1.82, 2.24) is 5.32 Å². The van der Waals surface area contributed by atoms with E-state index in [2.05, 4.69) is 26.6 Å². The van der Waals surface area contributed by atoms with Crippen LogP contribution in [0, 0.1) is 0 Å². The molecule has 3 nitrogen and oxygen atoms in total. The standard InChI is InChI=1S/C11H10BrF3N2O/c12-8-2-1-6(5-7(8)11(13,14)15)17-9-3-4-16-10(9)18/h1-2,5,9,17H,3-4H2,(H,16,18)/t9-/m1/s1. The van der Waals surface area contributed by atoms with Crippen LogP contribution in [0.4, 0.5) is 18.9 Å². The van der Waals surface area contributed by atoms with Gasteiger partial charge in [0.1, 0.15) is 6.04 Å². The van der Waals surface area contributed by atoms with Crippen molar-refractivity contribution in [3.63, 3.8) is 0 Å². The third-order valence-corrected chi connectivity index (χ3v) is 3.35. The molecule has 1 atom stereocenters. The Hall–Kier alpha value is -1.24. The Morgan fingerprint density at radius 3 is 2.67 bits per heavy atom. The molecule has 1 aliphatic heterocycles. The van der Waals surface area contributed by atoms with Crippen molar-refractivity contribution < 1.29 is 18.0 Å². The van der Waals surface area contributed by atoms with Crippen LogP contribution in [0.1, 0.15) is 12.0 Å². The van der Waals surface area contributed by atoms with Crippen molar-refractivity contribution in [2.45, 2.75) is 18.6 Å². The van der Waals surface area contributed by atoms with Gasteiger partial charge in [-0.25, -0.2) is 0 Å². The second-order valence-electron chi connectivity index (χ2n) is 3.97. The molecule has 1 aromatic rings. The van der Waals surface area contributed by atoms with Gasteiger partial charge in [-0.15, -0.1) is 0 Å². The van der Waals surface area contributed by atoms with E-state index in [0.29, 0.717) is 13.0 Å². The molecule has 2 rings (SSSR count). The first-order valence-corrected chi connectivity index (χ1v) is 6.08. The van der Waals surface area contributed by atoms with Crippen molar-refractivity contribution in [2.75, 3.05) is 11.9 Å². The van der Waals surface area contributed by atoms with E-state index < -0.39 is 17.8 Å². The van der Waals surface area contributed by atoms with Crippen LogP contribution in [0.25, 0.3) is 0 Å². The molecule has 2 N–H and O–H groups in total. The van der Waals surface area contributed by atoms with Gasteiger partial charge >= 0.3 is 6.18 Å². The maximum absolute atomic E-state index is 12.7. The van der Waals surface area contributed by atoms with Crippen LogP contribution in [-0.4, -0.2) is 18.5 Å². The van der Waals surface area contributed by atoms with Crippen LogP contribution in [-0.2, 0) is 11.0 Å². The SMILES string of the molecule is O=C1NCC[C@H]1Nc1ccc(Br)c(C(F)(F)F)c1. The molecule has 0 radical (unpaired) electrons. The largest absolute Gasteiger partial charge is 0.417 e. The summed E-state index contributed by atoms with van der Waals surface area (Å²) in [5.74, 6) is -0.188. The summed E-state index contributed by atoms with van der Waals surface area (Å²) < 4.78 is 38.0. The smallest absolute Gasteiger partial charge is 0.374 e. The van der Waals surface area contributed by atoms with Gasteiger partial charge in [0.2, 0.25) is 5.91 Å². The zero-order valence-corrected chi connectivity index (χ0v) is 10.7. The first-order chi connectivity index (χ1) is 8.38.